The van der Waals surface area contributed by atoms with E-state index in [9.17, 15) is 9.59 Å². The molecule has 0 bridgehead atoms. The molecule has 1 aromatic heterocycles. The number of hydrogen-bond acceptors (Lipinski definition) is 3. The maximum Gasteiger partial charge on any atom is 0.305 e. The largest absolute Gasteiger partial charge is 0.481 e. The van der Waals surface area contributed by atoms with Gasteiger partial charge in [0.15, 0.2) is 0 Å². The number of aliphatic carboxylic acids is 1. The summed E-state index contributed by atoms with van der Waals surface area (Å²) in [7, 11) is 0. The van der Waals surface area contributed by atoms with Gasteiger partial charge in [0.05, 0.1) is 6.42 Å². The fraction of sp³-hybridized carbons (Fsp3) is 0.364. The fourth-order valence-corrected chi connectivity index (χ4v) is 1.53. The number of nitrogens with zero attached hydrogens (tertiary/aromatic N) is 2. The first kappa shape index (κ1) is 13.6. The smallest absolute Gasteiger partial charge is 0.305 e. The normalized spacial score (nSPS) is 10.0. The van der Waals surface area contributed by atoms with E-state index >= 15 is 0 Å². The van der Waals surface area contributed by atoms with Crippen molar-refractivity contribution in [3.05, 3.63) is 28.5 Å². The molecule has 0 aliphatic carbocycles. The Morgan fingerprint density at radius 1 is 1.47 bits per heavy atom. The van der Waals surface area contributed by atoms with Gasteiger partial charge in [0, 0.05) is 23.8 Å². The SMILES string of the molecule is CCN(CCC(=O)O)C(=O)c1ccc(Br)cn1. The molecule has 0 aromatic carbocycles. The molecule has 1 rings (SSSR count). The van der Waals surface area contributed by atoms with Crippen molar-refractivity contribution in [2.45, 2.75) is 13.3 Å². The van der Waals surface area contributed by atoms with Gasteiger partial charge in [-0.1, -0.05) is 0 Å². The van der Waals surface area contributed by atoms with Crippen molar-refractivity contribution in [3.63, 3.8) is 0 Å². The lowest BCUT2D eigenvalue weighted by molar-refractivity contribution is -0.137. The van der Waals surface area contributed by atoms with Gasteiger partial charge in [-0.3, -0.25) is 9.59 Å². The third-order valence-electron chi connectivity index (χ3n) is 2.21. The van der Waals surface area contributed by atoms with E-state index in [1.807, 2.05) is 0 Å². The third-order valence-corrected chi connectivity index (χ3v) is 2.68. The first-order valence-electron chi connectivity index (χ1n) is 5.17. The Labute approximate surface area is 108 Å². The van der Waals surface area contributed by atoms with Gasteiger partial charge in [-0.15, -0.1) is 0 Å². The second-order valence-electron chi connectivity index (χ2n) is 3.39. The quantitative estimate of drug-likeness (QED) is 0.900. The molecule has 0 fully saturated rings. The lowest BCUT2D eigenvalue weighted by atomic mass is 10.3. The standard InChI is InChI=1S/C11H13BrN2O3/c1-2-14(6-5-10(15)16)11(17)9-4-3-8(12)7-13-9/h3-4,7H,2,5-6H2,1H3,(H,15,16). The summed E-state index contributed by atoms with van der Waals surface area (Å²) >= 11 is 3.23. The van der Waals surface area contributed by atoms with Crippen LogP contribution in [0.3, 0.4) is 0 Å². The van der Waals surface area contributed by atoms with E-state index in [-0.39, 0.29) is 18.9 Å². The van der Waals surface area contributed by atoms with Crippen molar-refractivity contribution in [1.82, 2.24) is 9.88 Å². The molecule has 0 unspecified atom stereocenters. The molecular formula is C11H13BrN2O3. The molecule has 0 spiro atoms. The maximum atomic E-state index is 12.0. The number of pyridine rings is 1. The molecule has 0 aliphatic heterocycles. The number of halogens is 1. The Bertz CT molecular complexity index is 406. The predicted molar refractivity (Wildman–Crippen MR) is 65.8 cm³/mol. The van der Waals surface area contributed by atoms with Gasteiger partial charge in [-0.2, -0.15) is 0 Å². The van der Waals surface area contributed by atoms with Crippen LogP contribution in [-0.4, -0.2) is 40.0 Å². The van der Waals surface area contributed by atoms with Crippen LogP contribution in [0.15, 0.2) is 22.8 Å². The van der Waals surface area contributed by atoms with Gasteiger partial charge >= 0.3 is 5.97 Å². The number of hydrogen-bond donors (Lipinski definition) is 1. The van der Waals surface area contributed by atoms with E-state index in [1.165, 1.54) is 11.1 Å². The van der Waals surface area contributed by atoms with Gasteiger partial charge in [-0.05, 0) is 35.0 Å². The lowest BCUT2D eigenvalue weighted by Crippen LogP contribution is -2.33. The van der Waals surface area contributed by atoms with Crippen LogP contribution in [0.4, 0.5) is 0 Å². The van der Waals surface area contributed by atoms with Crippen LogP contribution in [0.25, 0.3) is 0 Å². The second kappa shape index (κ2) is 6.34. The van der Waals surface area contributed by atoms with Crippen LogP contribution >= 0.6 is 15.9 Å². The monoisotopic (exact) mass is 300 g/mol. The van der Waals surface area contributed by atoms with Gasteiger partial charge in [0.2, 0.25) is 0 Å². The highest BCUT2D eigenvalue weighted by Gasteiger charge is 2.15. The number of carbonyl (C=O) groups is 2. The molecule has 0 saturated heterocycles. The molecule has 0 saturated carbocycles. The molecule has 0 radical (unpaired) electrons. The fourth-order valence-electron chi connectivity index (χ4n) is 1.30. The molecule has 1 heterocycles. The topological polar surface area (TPSA) is 70.5 Å². The van der Waals surface area contributed by atoms with E-state index < -0.39 is 5.97 Å². The van der Waals surface area contributed by atoms with Crippen molar-refractivity contribution in [2.24, 2.45) is 0 Å². The van der Waals surface area contributed by atoms with Crippen LogP contribution in [-0.2, 0) is 4.79 Å². The molecule has 1 N–H and O–H groups in total. The average Bonchev–Trinajstić information content (AvgIpc) is 2.30. The minimum Gasteiger partial charge on any atom is -0.481 e. The number of carbonyl (C=O) groups excluding carboxylic acids is 1. The number of rotatable bonds is 5. The maximum absolute atomic E-state index is 12.0. The number of carboxylic acid groups (broad SMARTS) is 1. The minimum absolute atomic E-state index is 0.0594. The van der Waals surface area contributed by atoms with E-state index in [2.05, 4.69) is 20.9 Å². The van der Waals surface area contributed by atoms with Gasteiger partial charge in [-0.25, -0.2) is 4.98 Å². The van der Waals surface area contributed by atoms with Gasteiger partial charge in [0.25, 0.3) is 5.91 Å². The summed E-state index contributed by atoms with van der Waals surface area (Å²) in [5.74, 6) is -1.17. The van der Waals surface area contributed by atoms with Crippen LogP contribution in [0.1, 0.15) is 23.8 Å². The molecular weight excluding hydrogens is 288 g/mol. The molecule has 17 heavy (non-hydrogen) atoms. The molecule has 0 atom stereocenters. The van der Waals surface area contributed by atoms with E-state index in [0.717, 1.165) is 4.47 Å². The van der Waals surface area contributed by atoms with Crippen molar-refractivity contribution in [2.75, 3.05) is 13.1 Å². The zero-order valence-electron chi connectivity index (χ0n) is 9.39. The molecule has 1 amide bonds. The molecule has 92 valence electrons. The average molecular weight is 301 g/mol. The van der Waals surface area contributed by atoms with E-state index in [4.69, 9.17) is 5.11 Å². The van der Waals surface area contributed by atoms with E-state index in [0.29, 0.717) is 12.2 Å². The summed E-state index contributed by atoms with van der Waals surface area (Å²) in [6.45, 7) is 2.46. The highest BCUT2D eigenvalue weighted by atomic mass is 79.9. The summed E-state index contributed by atoms with van der Waals surface area (Å²) in [5, 5.41) is 8.59. The lowest BCUT2D eigenvalue weighted by Gasteiger charge is -2.19. The first-order chi connectivity index (χ1) is 8.04. The van der Waals surface area contributed by atoms with Crippen molar-refractivity contribution in [3.8, 4) is 0 Å². The number of amides is 1. The summed E-state index contributed by atoms with van der Waals surface area (Å²) in [6, 6.07) is 3.33. The van der Waals surface area contributed by atoms with Crippen LogP contribution in [0, 0.1) is 0 Å². The van der Waals surface area contributed by atoms with Crippen LogP contribution in [0.5, 0.6) is 0 Å². The van der Waals surface area contributed by atoms with Gasteiger partial charge in [0.1, 0.15) is 5.69 Å². The third kappa shape index (κ3) is 4.14. The Kier molecular flexibility index (Phi) is 5.09. The van der Waals surface area contributed by atoms with Crippen molar-refractivity contribution < 1.29 is 14.7 Å². The number of carboxylic acids is 1. The van der Waals surface area contributed by atoms with Crippen LogP contribution < -0.4 is 0 Å². The van der Waals surface area contributed by atoms with Gasteiger partial charge < -0.3 is 10.0 Å². The predicted octanol–water partition coefficient (Wildman–Crippen LogP) is 1.78. The van der Waals surface area contributed by atoms with Crippen molar-refractivity contribution >= 4 is 27.8 Å². The molecule has 6 heteroatoms. The summed E-state index contributed by atoms with van der Waals surface area (Å²) in [5.41, 5.74) is 0.320. The zero-order chi connectivity index (χ0) is 12.8. The summed E-state index contributed by atoms with van der Waals surface area (Å²) in [4.78, 5) is 27.9. The Hall–Kier alpha value is -1.43. The Morgan fingerprint density at radius 3 is 2.65 bits per heavy atom. The zero-order valence-corrected chi connectivity index (χ0v) is 11.0. The highest BCUT2D eigenvalue weighted by molar-refractivity contribution is 9.10. The van der Waals surface area contributed by atoms with Crippen molar-refractivity contribution in [1.29, 1.82) is 0 Å². The second-order valence-corrected chi connectivity index (χ2v) is 4.31. The summed E-state index contributed by atoms with van der Waals surface area (Å²) < 4.78 is 0.794. The first-order valence-corrected chi connectivity index (χ1v) is 5.96. The Balaban J connectivity index is 2.71. The molecule has 5 nitrogen and oxygen atoms in total. The Morgan fingerprint density at radius 2 is 2.18 bits per heavy atom. The summed E-state index contributed by atoms with van der Waals surface area (Å²) in [6.07, 6.45) is 1.48. The molecule has 0 aliphatic rings. The minimum atomic E-state index is -0.917. The van der Waals surface area contributed by atoms with Crippen LogP contribution in [0.2, 0.25) is 0 Å². The van der Waals surface area contributed by atoms with E-state index in [1.54, 1.807) is 19.1 Å². The molecule has 1 aromatic rings. The number of aromatic nitrogens is 1. The highest BCUT2D eigenvalue weighted by Crippen LogP contribution is 2.09.